The Morgan fingerprint density at radius 2 is 2.17 bits per heavy atom. The quantitative estimate of drug-likeness (QED) is 0.699. The molecule has 0 radical (unpaired) electrons. The van der Waals surface area contributed by atoms with Gasteiger partial charge in [0.15, 0.2) is 5.78 Å². The monoisotopic (exact) mass is 253 g/mol. The molecule has 18 heavy (non-hydrogen) atoms. The minimum atomic E-state index is -0.381. The lowest BCUT2D eigenvalue weighted by Crippen LogP contribution is -2.38. The molecule has 100 valence electrons. The van der Waals surface area contributed by atoms with E-state index in [1.807, 2.05) is 18.7 Å². The van der Waals surface area contributed by atoms with Gasteiger partial charge < -0.3 is 4.74 Å². The van der Waals surface area contributed by atoms with Crippen LogP contribution in [0.5, 0.6) is 0 Å². The van der Waals surface area contributed by atoms with Gasteiger partial charge in [0.05, 0.1) is 13.2 Å². The van der Waals surface area contributed by atoms with Crippen LogP contribution >= 0.6 is 0 Å². The van der Waals surface area contributed by atoms with Crippen molar-refractivity contribution in [2.24, 2.45) is 0 Å². The molecule has 0 aliphatic rings. The molecular weight excluding hydrogens is 233 g/mol. The van der Waals surface area contributed by atoms with Crippen molar-refractivity contribution in [3.05, 3.63) is 35.6 Å². The lowest BCUT2D eigenvalue weighted by atomic mass is 10.1. The molecule has 0 heterocycles. The zero-order valence-corrected chi connectivity index (χ0v) is 11.1. The standard InChI is InChI=1S/C14H20FNO2/c1-11(2)16(7-8-18-3)10-14(17)12-5-4-6-13(15)9-12/h4-6,9,11H,7-8,10H2,1-3H3. The third-order valence-corrected chi connectivity index (χ3v) is 2.81. The molecule has 0 spiro atoms. The van der Waals surface area contributed by atoms with Crippen LogP contribution in [0.2, 0.25) is 0 Å². The predicted octanol–water partition coefficient (Wildman–Crippen LogP) is 2.37. The first kappa shape index (κ1) is 14.8. The van der Waals surface area contributed by atoms with Gasteiger partial charge in [0, 0.05) is 25.3 Å². The third-order valence-electron chi connectivity index (χ3n) is 2.81. The Labute approximate surface area is 108 Å². The second-order valence-corrected chi connectivity index (χ2v) is 4.49. The normalized spacial score (nSPS) is 11.2. The average Bonchev–Trinajstić information content (AvgIpc) is 2.33. The summed E-state index contributed by atoms with van der Waals surface area (Å²) < 4.78 is 18.1. The highest BCUT2D eigenvalue weighted by atomic mass is 19.1. The number of benzene rings is 1. The summed E-state index contributed by atoms with van der Waals surface area (Å²) >= 11 is 0. The van der Waals surface area contributed by atoms with E-state index in [0.717, 1.165) is 0 Å². The summed E-state index contributed by atoms with van der Waals surface area (Å²) in [5.41, 5.74) is 0.415. The summed E-state index contributed by atoms with van der Waals surface area (Å²) in [6.07, 6.45) is 0. The van der Waals surface area contributed by atoms with Gasteiger partial charge in [0.1, 0.15) is 5.82 Å². The van der Waals surface area contributed by atoms with E-state index < -0.39 is 0 Å². The average molecular weight is 253 g/mol. The van der Waals surface area contributed by atoms with Crippen molar-refractivity contribution in [3.8, 4) is 0 Å². The van der Waals surface area contributed by atoms with E-state index in [-0.39, 0.29) is 24.2 Å². The van der Waals surface area contributed by atoms with E-state index in [4.69, 9.17) is 4.74 Å². The molecule has 0 aromatic heterocycles. The number of carbonyl (C=O) groups is 1. The number of rotatable bonds is 7. The molecule has 0 unspecified atom stereocenters. The highest BCUT2D eigenvalue weighted by molar-refractivity contribution is 5.97. The summed E-state index contributed by atoms with van der Waals surface area (Å²) in [6.45, 7) is 5.59. The first-order valence-electron chi connectivity index (χ1n) is 6.06. The van der Waals surface area contributed by atoms with E-state index in [0.29, 0.717) is 18.7 Å². The van der Waals surface area contributed by atoms with Crippen molar-refractivity contribution >= 4 is 5.78 Å². The van der Waals surface area contributed by atoms with Gasteiger partial charge in [0.25, 0.3) is 0 Å². The van der Waals surface area contributed by atoms with Gasteiger partial charge >= 0.3 is 0 Å². The molecule has 0 aliphatic heterocycles. The van der Waals surface area contributed by atoms with E-state index >= 15 is 0 Å². The lowest BCUT2D eigenvalue weighted by Gasteiger charge is -2.25. The molecule has 0 fully saturated rings. The molecule has 0 bridgehead atoms. The van der Waals surface area contributed by atoms with E-state index in [9.17, 15) is 9.18 Å². The maximum atomic E-state index is 13.0. The molecule has 0 aliphatic carbocycles. The molecule has 1 aromatic rings. The first-order valence-corrected chi connectivity index (χ1v) is 6.06. The summed E-state index contributed by atoms with van der Waals surface area (Å²) in [6, 6.07) is 6.05. The van der Waals surface area contributed by atoms with Crippen LogP contribution in [0.3, 0.4) is 0 Å². The van der Waals surface area contributed by atoms with Crippen molar-refractivity contribution in [3.63, 3.8) is 0 Å². The highest BCUT2D eigenvalue weighted by Crippen LogP contribution is 2.07. The second-order valence-electron chi connectivity index (χ2n) is 4.49. The lowest BCUT2D eigenvalue weighted by molar-refractivity contribution is 0.0851. The molecular formula is C14H20FNO2. The number of ketones is 1. The van der Waals surface area contributed by atoms with Crippen LogP contribution in [0.25, 0.3) is 0 Å². The van der Waals surface area contributed by atoms with Crippen molar-refractivity contribution in [1.82, 2.24) is 4.90 Å². The maximum Gasteiger partial charge on any atom is 0.176 e. The van der Waals surface area contributed by atoms with Gasteiger partial charge in [-0.3, -0.25) is 9.69 Å². The molecule has 4 heteroatoms. The van der Waals surface area contributed by atoms with Crippen LogP contribution < -0.4 is 0 Å². The Hall–Kier alpha value is -1.26. The number of nitrogens with zero attached hydrogens (tertiary/aromatic N) is 1. The number of carbonyl (C=O) groups excluding carboxylic acids is 1. The molecule has 0 saturated carbocycles. The van der Waals surface area contributed by atoms with Crippen molar-refractivity contribution < 1.29 is 13.9 Å². The fourth-order valence-electron chi connectivity index (χ4n) is 1.67. The van der Waals surface area contributed by atoms with Crippen molar-refractivity contribution in [2.75, 3.05) is 26.8 Å². The smallest absolute Gasteiger partial charge is 0.176 e. The number of hydrogen-bond acceptors (Lipinski definition) is 3. The van der Waals surface area contributed by atoms with Gasteiger partial charge in [-0.05, 0) is 26.0 Å². The van der Waals surface area contributed by atoms with Gasteiger partial charge in [-0.2, -0.15) is 0 Å². The summed E-state index contributed by atoms with van der Waals surface area (Å²) in [4.78, 5) is 14.0. The summed E-state index contributed by atoms with van der Waals surface area (Å²) in [5, 5.41) is 0. The fraction of sp³-hybridized carbons (Fsp3) is 0.500. The van der Waals surface area contributed by atoms with Crippen LogP contribution in [0.15, 0.2) is 24.3 Å². The first-order chi connectivity index (χ1) is 8.54. The number of ether oxygens (including phenoxy) is 1. The summed E-state index contributed by atoms with van der Waals surface area (Å²) in [7, 11) is 1.63. The van der Waals surface area contributed by atoms with Gasteiger partial charge in [-0.15, -0.1) is 0 Å². The van der Waals surface area contributed by atoms with Crippen LogP contribution in [0.1, 0.15) is 24.2 Å². The number of halogens is 1. The molecule has 0 N–H and O–H groups in total. The van der Waals surface area contributed by atoms with E-state index in [2.05, 4.69) is 0 Å². The van der Waals surface area contributed by atoms with E-state index in [1.165, 1.54) is 12.1 Å². The molecule has 0 saturated heterocycles. The van der Waals surface area contributed by atoms with Gasteiger partial charge in [-0.25, -0.2) is 4.39 Å². The predicted molar refractivity (Wildman–Crippen MR) is 69.3 cm³/mol. The third kappa shape index (κ3) is 4.55. The zero-order chi connectivity index (χ0) is 13.5. The van der Waals surface area contributed by atoms with Crippen LogP contribution in [0, 0.1) is 5.82 Å². The number of Topliss-reactive ketones (excluding diaryl/α,β-unsaturated/α-hetero) is 1. The zero-order valence-electron chi connectivity index (χ0n) is 11.1. The minimum Gasteiger partial charge on any atom is -0.383 e. The Kier molecular flexibility index (Phi) is 5.95. The van der Waals surface area contributed by atoms with Crippen molar-refractivity contribution in [2.45, 2.75) is 19.9 Å². The molecule has 1 rings (SSSR count). The number of methoxy groups -OCH3 is 1. The molecule has 1 aromatic carbocycles. The van der Waals surface area contributed by atoms with Gasteiger partial charge in [0.2, 0.25) is 0 Å². The Morgan fingerprint density at radius 1 is 1.44 bits per heavy atom. The summed E-state index contributed by atoms with van der Waals surface area (Å²) in [5.74, 6) is -0.451. The van der Waals surface area contributed by atoms with Crippen molar-refractivity contribution in [1.29, 1.82) is 0 Å². The molecule has 0 atom stereocenters. The topological polar surface area (TPSA) is 29.5 Å². The Balaban J connectivity index is 2.66. The second kappa shape index (κ2) is 7.24. The van der Waals surface area contributed by atoms with Crippen LogP contribution in [-0.4, -0.2) is 43.5 Å². The maximum absolute atomic E-state index is 13.0. The van der Waals surface area contributed by atoms with Crippen LogP contribution in [0.4, 0.5) is 4.39 Å². The van der Waals surface area contributed by atoms with Crippen LogP contribution in [-0.2, 0) is 4.74 Å². The molecule has 3 nitrogen and oxygen atoms in total. The Morgan fingerprint density at radius 3 is 2.72 bits per heavy atom. The van der Waals surface area contributed by atoms with E-state index in [1.54, 1.807) is 19.2 Å². The number of hydrogen-bond donors (Lipinski definition) is 0. The highest BCUT2D eigenvalue weighted by Gasteiger charge is 2.15. The minimum absolute atomic E-state index is 0.0701. The Bertz CT molecular complexity index is 393. The SMILES string of the molecule is COCCN(CC(=O)c1cccc(F)c1)C(C)C. The van der Waals surface area contributed by atoms with Gasteiger partial charge in [-0.1, -0.05) is 12.1 Å². The molecule has 0 amide bonds. The fourth-order valence-corrected chi connectivity index (χ4v) is 1.67. The largest absolute Gasteiger partial charge is 0.383 e.